The van der Waals surface area contributed by atoms with E-state index in [1.807, 2.05) is 0 Å². The fourth-order valence-corrected chi connectivity index (χ4v) is 14.3. The third kappa shape index (κ3) is 22.1. The number of amides is 4. The minimum absolute atomic E-state index is 0. The number of ether oxygens (including phenoxy) is 16. The van der Waals surface area contributed by atoms with Crippen LogP contribution in [0.25, 0.3) is 0 Å². The first-order valence-electron chi connectivity index (χ1n) is 33.8. The van der Waals surface area contributed by atoms with Crippen molar-refractivity contribution in [1.82, 2.24) is 21.3 Å². The molecule has 7 aliphatic heterocycles. The van der Waals surface area contributed by atoms with Crippen molar-refractivity contribution < 1.29 is 295 Å². The molecule has 8 rings (SSSR count). The van der Waals surface area contributed by atoms with E-state index in [-0.39, 0.29) is 88.7 Å². The van der Waals surface area contributed by atoms with Crippen molar-refractivity contribution in [2.45, 2.75) is 287 Å². The molecule has 110 heavy (non-hydrogen) atoms. The first kappa shape index (κ1) is 98.1. The summed E-state index contributed by atoms with van der Waals surface area (Å²) < 4.78 is 91.9. The van der Waals surface area contributed by atoms with Crippen molar-refractivity contribution in [1.29, 1.82) is 0 Å². The van der Waals surface area contributed by atoms with Gasteiger partial charge >= 0.3 is 94.6 Å². The molecule has 0 aromatic carbocycles. The van der Waals surface area contributed by atoms with Crippen LogP contribution >= 0.6 is 0 Å². The Morgan fingerprint density at radius 2 is 0.645 bits per heavy atom. The molecule has 8 aliphatic rings. The number of aliphatic hydroxyl groups is 15. The molecule has 46 nitrogen and oxygen atoms in total. The first-order chi connectivity index (χ1) is 50.3. The van der Waals surface area contributed by atoms with Gasteiger partial charge in [0.2, 0.25) is 23.6 Å². The van der Waals surface area contributed by atoms with Crippen LogP contribution in [0.2, 0.25) is 0 Å². The first-order valence-corrected chi connectivity index (χ1v) is 33.8. The maximum atomic E-state index is 15.4. The molecule has 7 saturated heterocycles. The Bertz CT molecular complexity index is 3040. The number of aliphatic carboxylic acids is 3. The van der Waals surface area contributed by atoms with E-state index in [2.05, 4.69) is 21.3 Å². The number of hydrogen-bond donors (Lipinski definition) is 19. The number of aliphatic hydroxyl groups excluding tert-OH is 15. The van der Waals surface area contributed by atoms with Crippen LogP contribution in [0.15, 0.2) is 0 Å². The van der Waals surface area contributed by atoms with Crippen LogP contribution in [0, 0.1) is 5.92 Å². The minimum atomic E-state index is -2.66. The van der Waals surface area contributed by atoms with Crippen LogP contribution in [0.1, 0.15) is 48.0 Å². The summed E-state index contributed by atoms with van der Waals surface area (Å²) in [6.45, 7) is 2.36. The molecule has 0 radical (unpaired) electrons. The third-order valence-corrected chi connectivity index (χ3v) is 19.6. The normalized spacial score (nSPS) is 44.8. The van der Waals surface area contributed by atoms with E-state index in [1.165, 1.54) is 13.8 Å². The van der Waals surface area contributed by atoms with Gasteiger partial charge in [-0.3, -0.25) is 24.0 Å². The molecule has 38 unspecified atom stereocenters. The van der Waals surface area contributed by atoms with Crippen molar-refractivity contribution in [3.63, 3.8) is 0 Å². The SMILES string of the molecule is COC1C(C(=O)[O-])OC(OC2C(O)C(CO)OC(OC3C(C(=O)OCC4OC(OC5C(C(=O)[O-])OC(OC6C(O)C(CO)O[C@H](C)C6NC(C)=O)C(O)C5O)C(NC(C)=O)C(OC5OC(C(=O)[O-])C(OC)C(O)C5O)C4O)CC(OC4C(O)C(CO)O[C@@H](C)C4NC(C)=O)C(O)C3O)C2NC(C)=O)C(O)C1O.[Na+].[Na+].[Na+]. The molecule has 0 aromatic heterocycles. The fourth-order valence-electron chi connectivity index (χ4n) is 14.3. The van der Waals surface area contributed by atoms with Gasteiger partial charge in [0.25, 0.3) is 0 Å². The van der Waals surface area contributed by atoms with Crippen LogP contribution in [0.4, 0.5) is 0 Å². The molecule has 4 amide bonds. The van der Waals surface area contributed by atoms with Gasteiger partial charge in [-0.2, -0.15) is 0 Å². The summed E-state index contributed by atoms with van der Waals surface area (Å²) in [5, 5.41) is 218. The van der Waals surface area contributed by atoms with Gasteiger partial charge in [0.15, 0.2) is 31.5 Å². The van der Waals surface area contributed by atoms with Gasteiger partial charge in [-0.15, -0.1) is 0 Å². The van der Waals surface area contributed by atoms with Crippen LogP contribution in [0.3, 0.4) is 0 Å². The summed E-state index contributed by atoms with van der Waals surface area (Å²) in [5.74, 6) is -13.7. The average molecular weight is 1620 g/mol. The molecule has 40 atom stereocenters. The number of carboxylic acid groups (broad SMARTS) is 3. The Morgan fingerprint density at radius 3 is 1.00 bits per heavy atom. The quantitative estimate of drug-likeness (QED) is 0.0268. The predicted molar refractivity (Wildman–Crippen MR) is 324 cm³/mol. The number of nitrogens with one attached hydrogen (secondary N) is 4. The molecule has 0 aromatic rings. The Labute approximate surface area is 691 Å². The summed E-state index contributed by atoms with van der Waals surface area (Å²) in [6, 6.07) is -6.88. The van der Waals surface area contributed by atoms with Crippen LogP contribution < -0.4 is 125 Å². The summed E-state index contributed by atoms with van der Waals surface area (Å²) >= 11 is 0. The van der Waals surface area contributed by atoms with Crippen LogP contribution in [-0.4, -0.2) is 403 Å². The van der Waals surface area contributed by atoms with Crippen LogP contribution in [0.5, 0.6) is 0 Å². The number of carbonyl (C=O) groups excluding carboxylic acids is 8. The molecule has 19 N–H and O–H groups in total. The van der Waals surface area contributed by atoms with E-state index in [9.17, 15) is 125 Å². The van der Waals surface area contributed by atoms with Gasteiger partial charge in [0.05, 0.1) is 74.0 Å². The Kier molecular flexibility index (Phi) is 38.2. The Morgan fingerprint density at radius 1 is 0.355 bits per heavy atom. The van der Waals surface area contributed by atoms with Gasteiger partial charge in [0.1, 0.15) is 183 Å². The van der Waals surface area contributed by atoms with E-state index in [1.54, 1.807) is 0 Å². The number of methoxy groups -OCH3 is 2. The number of carbonyl (C=O) groups is 8. The molecule has 7 heterocycles. The van der Waals surface area contributed by atoms with Crippen molar-refractivity contribution in [3.05, 3.63) is 0 Å². The maximum Gasteiger partial charge on any atom is 1.00 e. The van der Waals surface area contributed by atoms with Gasteiger partial charge < -0.3 is 203 Å². The third-order valence-electron chi connectivity index (χ3n) is 19.6. The molecule has 1 aliphatic carbocycles. The molecule has 1 saturated carbocycles. The van der Waals surface area contributed by atoms with E-state index >= 15 is 4.79 Å². The fraction of sp³-hybridized carbons (Fsp3) is 0.869. The predicted octanol–water partition coefficient (Wildman–Crippen LogP) is -27.0. The molecular formula is C61H93N4Na3O42. The molecule has 0 spiro atoms. The zero-order valence-corrected chi connectivity index (χ0v) is 67.4. The van der Waals surface area contributed by atoms with Gasteiger partial charge in [0, 0.05) is 41.9 Å². The Balaban J connectivity index is 0.00000722. The van der Waals surface area contributed by atoms with Crippen molar-refractivity contribution in [2.24, 2.45) is 5.92 Å². The van der Waals surface area contributed by atoms with E-state index in [0.29, 0.717) is 0 Å². The minimum Gasteiger partial charge on any atom is -0.547 e. The summed E-state index contributed by atoms with van der Waals surface area (Å²) in [4.78, 5) is 105. The molecule has 0 bridgehead atoms. The van der Waals surface area contributed by atoms with Crippen molar-refractivity contribution in [3.8, 4) is 0 Å². The molecular weight excluding hydrogens is 1530 g/mol. The molecule has 49 heteroatoms. The number of hydrogen-bond acceptors (Lipinski definition) is 42. The van der Waals surface area contributed by atoms with Gasteiger partial charge in [-0.1, -0.05) is 0 Å². The summed E-state index contributed by atoms with van der Waals surface area (Å²) in [7, 11) is 1.86. The standard InChI is InChI=1S/C61H96N4O42.3Na/c1-14-26(62-16(3)69)43(31(74)22(10-66)95-14)97-21-9-20(42(35(78)30(21)73)100-57-28(64-18(5)71)45(33(76)24(12-68)98-57)102-59-39(82)36(79)47(92-7)50(105-59)53(85)86)56(91)94-13-25-34(77)46(103-60-40(83)37(80)48(93-8)51(106-60)54(87)88)29(65-19(6)72)58(99-25)104-49-38(81)41(84)61(107-52(49)55(89)90)101-44-27(63-17(4)70)15(2)96-23(11-67)32(44)75;;;/h14-15,20-52,57-61,66-68,73-84H,9-13H2,1-8H3,(H,62,69)(H,63,70)(H,64,71)(H,65,72)(H,85,86)(H,87,88)(H,89,90);;;/q;3*+1/p-3/t14-,15+,20?,21?,22?,23?,24?,25?,26?,27?,28?,29?,30?,31?,32?,33?,34?,35?,36?,37?,38?,39?,40?,41?,42?,43?,44?,45?,46?,47?,48?,49?,50?,51?,52?,57?,58?,59?,60?,61?;;;/m0.../s1. The summed E-state index contributed by atoms with van der Waals surface area (Å²) in [6.07, 6.45) is -74.9. The van der Waals surface area contributed by atoms with Crippen molar-refractivity contribution in [2.75, 3.05) is 40.6 Å². The zero-order valence-electron chi connectivity index (χ0n) is 61.4. The summed E-state index contributed by atoms with van der Waals surface area (Å²) in [5.41, 5.74) is 0. The van der Waals surface area contributed by atoms with E-state index in [4.69, 9.17) is 75.8 Å². The van der Waals surface area contributed by atoms with E-state index in [0.717, 1.165) is 41.9 Å². The van der Waals surface area contributed by atoms with Crippen molar-refractivity contribution >= 4 is 47.5 Å². The second-order valence-corrected chi connectivity index (χ2v) is 26.9. The maximum absolute atomic E-state index is 15.4. The second kappa shape index (κ2) is 42.8. The molecule has 612 valence electrons. The van der Waals surface area contributed by atoms with Crippen LogP contribution in [-0.2, 0) is 114 Å². The Hall–Kier alpha value is -2.44. The van der Waals surface area contributed by atoms with E-state index < -0.39 is 325 Å². The van der Waals surface area contributed by atoms with Gasteiger partial charge in [-0.05, 0) is 20.3 Å². The van der Waals surface area contributed by atoms with Gasteiger partial charge in [-0.25, -0.2) is 0 Å². The number of carboxylic acids is 3. The second-order valence-electron chi connectivity index (χ2n) is 26.9. The number of esters is 1. The largest absolute Gasteiger partial charge is 1.00 e. The smallest absolute Gasteiger partial charge is 0.547 e. The monoisotopic (exact) mass is 1620 g/mol. The number of rotatable bonds is 27. The molecule has 8 fully saturated rings. The topological polar surface area (TPSA) is 705 Å². The zero-order chi connectivity index (χ0) is 79.4. The average Bonchev–Trinajstić information content (AvgIpc) is 0.762.